The molecule has 1 atom stereocenters. The van der Waals surface area contributed by atoms with Gasteiger partial charge >= 0.3 is 0 Å². The summed E-state index contributed by atoms with van der Waals surface area (Å²) in [4.78, 5) is 12.6. The summed E-state index contributed by atoms with van der Waals surface area (Å²) in [5, 5.41) is 7.79. The Morgan fingerprint density at radius 2 is 2.03 bits per heavy atom. The maximum Gasteiger partial charge on any atom is 0.243 e. The van der Waals surface area contributed by atoms with E-state index in [1.54, 1.807) is 18.3 Å². The largest absolute Gasteiger partial charge is 0.384 e. The molecule has 0 amide bonds. The average Bonchev–Trinajstić information content (AvgIpc) is 3.22. The Morgan fingerprint density at radius 1 is 1.24 bits per heavy atom. The lowest BCUT2D eigenvalue weighted by atomic mass is 9.88. The number of aromatic amines is 1. The second-order valence-corrected chi connectivity index (χ2v) is 11.5. The minimum Gasteiger partial charge on any atom is -0.384 e. The van der Waals surface area contributed by atoms with Crippen LogP contribution in [0, 0.1) is 0 Å². The quantitative estimate of drug-likeness (QED) is 0.512. The van der Waals surface area contributed by atoms with Gasteiger partial charge in [0, 0.05) is 65.6 Å². The molecule has 2 fully saturated rings. The Hall–Kier alpha value is -2.95. The lowest BCUT2D eigenvalue weighted by molar-refractivity contribution is 0.0730. The van der Waals surface area contributed by atoms with E-state index in [2.05, 4.69) is 41.0 Å². The first-order chi connectivity index (χ1) is 16.2. The summed E-state index contributed by atoms with van der Waals surface area (Å²) >= 11 is 0. The molecule has 3 N–H and O–H groups in total. The number of piperidine rings is 1. The third kappa shape index (κ3) is 4.53. The molecule has 1 unspecified atom stereocenters. The summed E-state index contributed by atoms with van der Waals surface area (Å²) < 4.78 is 32.8. The zero-order valence-electron chi connectivity index (χ0n) is 19.5. The smallest absolute Gasteiger partial charge is 0.243 e. The molecule has 34 heavy (non-hydrogen) atoms. The van der Waals surface area contributed by atoms with Crippen LogP contribution < -0.4 is 10.6 Å². The van der Waals surface area contributed by atoms with Gasteiger partial charge in [0.05, 0.1) is 23.8 Å². The SMILES string of the molecule is C=C1CC(Nc2nccc(-c3c[nH]c4cc(S(=O)(=O)N5CCOCC5)ccc34)n2)CC(C)(C)N1. The van der Waals surface area contributed by atoms with E-state index < -0.39 is 10.0 Å². The maximum absolute atomic E-state index is 13.0. The number of sulfonamides is 1. The molecular formula is C24H30N6O3S. The van der Waals surface area contributed by atoms with Gasteiger partial charge < -0.3 is 20.4 Å². The number of rotatable bonds is 5. The number of fused-ring (bicyclic) bond motifs is 1. The van der Waals surface area contributed by atoms with E-state index in [1.807, 2.05) is 18.3 Å². The zero-order chi connectivity index (χ0) is 23.9. The molecule has 9 nitrogen and oxygen atoms in total. The Morgan fingerprint density at radius 3 is 2.79 bits per heavy atom. The van der Waals surface area contributed by atoms with Crippen LogP contribution in [0.25, 0.3) is 22.2 Å². The van der Waals surface area contributed by atoms with Crippen LogP contribution >= 0.6 is 0 Å². The molecule has 10 heteroatoms. The first-order valence-electron chi connectivity index (χ1n) is 11.5. The van der Waals surface area contributed by atoms with Crippen LogP contribution in [-0.2, 0) is 14.8 Å². The summed E-state index contributed by atoms with van der Waals surface area (Å²) in [7, 11) is -3.56. The number of ether oxygens (including phenoxy) is 1. The number of anilines is 1. The Balaban J connectivity index is 1.40. The van der Waals surface area contributed by atoms with Gasteiger partial charge in [0.25, 0.3) is 0 Å². The van der Waals surface area contributed by atoms with Gasteiger partial charge in [-0.05, 0) is 38.5 Å². The monoisotopic (exact) mass is 482 g/mol. The number of nitrogens with one attached hydrogen (secondary N) is 3. The Bertz CT molecular complexity index is 1330. The summed E-state index contributed by atoms with van der Waals surface area (Å²) in [6.45, 7) is 9.99. The Kier molecular flexibility index (Phi) is 5.83. The van der Waals surface area contributed by atoms with Gasteiger partial charge in [0.15, 0.2) is 0 Å². The molecule has 0 radical (unpaired) electrons. The second-order valence-electron chi connectivity index (χ2n) is 9.55. The fourth-order valence-electron chi connectivity index (χ4n) is 4.84. The molecule has 0 bridgehead atoms. The fraction of sp³-hybridized carbons (Fsp3) is 0.417. The van der Waals surface area contributed by atoms with Crippen LogP contribution in [0.3, 0.4) is 0 Å². The maximum atomic E-state index is 13.0. The first kappa shape index (κ1) is 22.8. The molecule has 0 aliphatic carbocycles. The van der Waals surface area contributed by atoms with Gasteiger partial charge in [-0.1, -0.05) is 12.6 Å². The highest BCUT2D eigenvalue weighted by atomic mass is 32.2. The number of aromatic nitrogens is 3. The highest BCUT2D eigenvalue weighted by Crippen LogP contribution is 2.31. The minimum absolute atomic E-state index is 0.0410. The molecule has 0 saturated carbocycles. The van der Waals surface area contributed by atoms with E-state index in [-0.39, 0.29) is 16.5 Å². The van der Waals surface area contributed by atoms with E-state index in [0.29, 0.717) is 32.3 Å². The van der Waals surface area contributed by atoms with Gasteiger partial charge in [-0.15, -0.1) is 0 Å². The number of H-pyrrole nitrogens is 1. The van der Waals surface area contributed by atoms with Crippen LogP contribution in [0.2, 0.25) is 0 Å². The zero-order valence-corrected chi connectivity index (χ0v) is 20.3. The molecule has 180 valence electrons. The summed E-state index contributed by atoms with van der Waals surface area (Å²) in [5.41, 5.74) is 3.37. The van der Waals surface area contributed by atoms with Crippen molar-refractivity contribution in [2.45, 2.75) is 43.2 Å². The van der Waals surface area contributed by atoms with Crippen LogP contribution in [0.5, 0.6) is 0 Å². The molecule has 4 heterocycles. The van der Waals surface area contributed by atoms with Crippen molar-refractivity contribution in [2.24, 2.45) is 0 Å². The van der Waals surface area contributed by atoms with Crippen LogP contribution in [0.1, 0.15) is 26.7 Å². The van der Waals surface area contributed by atoms with Crippen molar-refractivity contribution in [2.75, 3.05) is 31.6 Å². The van der Waals surface area contributed by atoms with Gasteiger partial charge in [0.2, 0.25) is 16.0 Å². The molecule has 3 aromatic rings. The molecule has 0 spiro atoms. The molecule has 1 aromatic carbocycles. The van der Waals surface area contributed by atoms with Crippen molar-refractivity contribution in [3.05, 3.63) is 48.9 Å². The number of hydrogen-bond acceptors (Lipinski definition) is 7. The third-order valence-electron chi connectivity index (χ3n) is 6.29. The summed E-state index contributed by atoms with van der Waals surface area (Å²) in [6, 6.07) is 7.23. The average molecular weight is 483 g/mol. The summed E-state index contributed by atoms with van der Waals surface area (Å²) in [5.74, 6) is 0.564. The van der Waals surface area contributed by atoms with Crippen molar-refractivity contribution >= 4 is 26.9 Å². The van der Waals surface area contributed by atoms with Crippen molar-refractivity contribution in [1.82, 2.24) is 24.6 Å². The fourth-order valence-corrected chi connectivity index (χ4v) is 6.28. The first-order valence-corrected chi connectivity index (χ1v) is 12.9. The second kappa shape index (κ2) is 8.68. The minimum atomic E-state index is -3.56. The van der Waals surface area contributed by atoms with Crippen LogP contribution in [0.15, 0.2) is 53.8 Å². The molecule has 2 aliphatic rings. The van der Waals surface area contributed by atoms with E-state index in [4.69, 9.17) is 9.72 Å². The standard InChI is InChI=1S/C24H30N6O3S/c1-16-12-17(14-24(2,3)29-16)27-23-25-7-6-21(28-23)20-15-26-22-13-18(4-5-19(20)22)34(31,32)30-8-10-33-11-9-30/h4-7,13,15,17,26,29H,1,8-12,14H2,2-3H3,(H,25,27,28). The highest BCUT2D eigenvalue weighted by Gasteiger charge is 2.30. The number of nitrogens with zero attached hydrogens (tertiary/aromatic N) is 3. The topological polar surface area (TPSA) is 112 Å². The van der Waals surface area contributed by atoms with Crippen molar-refractivity contribution < 1.29 is 13.2 Å². The molecule has 5 rings (SSSR count). The Labute approximate surface area is 199 Å². The van der Waals surface area contributed by atoms with Gasteiger partial charge in [-0.25, -0.2) is 18.4 Å². The van der Waals surface area contributed by atoms with E-state index in [0.717, 1.165) is 40.7 Å². The highest BCUT2D eigenvalue weighted by molar-refractivity contribution is 7.89. The van der Waals surface area contributed by atoms with Gasteiger partial charge in [-0.2, -0.15) is 4.31 Å². The normalized spacial score (nSPS) is 21.4. The predicted octanol–water partition coefficient (Wildman–Crippen LogP) is 3.10. The molecule has 2 aromatic heterocycles. The van der Waals surface area contributed by atoms with E-state index in [1.165, 1.54) is 4.31 Å². The van der Waals surface area contributed by atoms with Crippen molar-refractivity contribution in [3.63, 3.8) is 0 Å². The molecular weight excluding hydrogens is 452 g/mol. The van der Waals surface area contributed by atoms with E-state index in [9.17, 15) is 8.42 Å². The lowest BCUT2D eigenvalue weighted by Gasteiger charge is -2.38. The summed E-state index contributed by atoms with van der Waals surface area (Å²) in [6.07, 6.45) is 5.33. The number of benzene rings is 1. The molecule has 2 aliphatic heterocycles. The van der Waals surface area contributed by atoms with Crippen molar-refractivity contribution in [3.8, 4) is 11.3 Å². The predicted molar refractivity (Wildman–Crippen MR) is 132 cm³/mol. The third-order valence-corrected chi connectivity index (χ3v) is 8.19. The van der Waals surface area contributed by atoms with Gasteiger partial charge in [0.1, 0.15) is 0 Å². The van der Waals surface area contributed by atoms with Crippen LogP contribution in [0.4, 0.5) is 5.95 Å². The molecule has 2 saturated heterocycles. The number of morpholine rings is 1. The van der Waals surface area contributed by atoms with Gasteiger partial charge in [-0.3, -0.25) is 0 Å². The van der Waals surface area contributed by atoms with Crippen molar-refractivity contribution in [1.29, 1.82) is 0 Å². The number of hydrogen-bond donors (Lipinski definition) is 3. The lowest BCUT2D eigenvalue weighted by Crippen LogP contribution is -2.48. The van der Waals surface area contributed by atoms with Crippen LogP contribution in [-0.4, -0.2) is 65.6 Å². The van der Waals surface area contributed by atoms with E-state index >= 15 is 0 Å².